The Hall–Kier alpha value is -1.51. The Morgan fingerprint density at radius 2 is 1.69 bits per heavy atom. The molecule has 0 heterocycles. The van der Waals surface area contributed by atoms with Gasteiger partial charge in [-0.3, -0.25) is 0 Å². The third-order valence-corrected chi connectivity index (χ3v) is 3.17. The van der Waals surface area contributed by atoms with Crippen LogP contribution in [0.5, 0.6) is 0 Å². The fourth-order valence-electron chi connectivity index (χ4n) is 1.97. The molecule has 0 aromatic heterocycles. The third kappa shape index (κ3) is 2.75. The van der Waals surface area contributed by atoms with Crippen molar-refractivity contribution in [2.75, 3.05) is 6.54 Å². The standard InChI is InChI=1S/C13H19NO2/c1-8-7-9(2)11(4)12(10(8)3)5-6-14-13(15)16/h7,14H,5-6H2,1-4H3,(H,15,16). The second-order valence-electron chi connectivity index (χ2n) is 4.22. The zero-order chi connectivity index (χ0) is 12.3. The highest BCUT2D eigenvalue weighted by Gasteiger charge is 2.08. The van der Waals surface area contributed by atoms with Gasteiger partial charge < -0.3 is 10.4 Å². The van der Waals surface area contributed by atoms with Crippen LogP contribution in [0.15, 0.2) is 6.07 Å². The van der Waals surface area contributed by atoms with Gasteiger partial charge in [0.1, 0.15) is 0 Å². The van der Waals surface area contributed by atoms with E-state index in [1.807, 2.05) is 0 Å². The van der Waals surface area contributed by atoms with Crippen LogP contribution < -0.4 is 5.32 Å². The van der Waals surface area contributed by atoms with Crippen molar-refractivity contribution >= 4 is 6.09 Å². The molecule has 0 aliphatic carbocycles. The molecule has 3 heteroatoms. The van der Waals surface area contributed by atoms with E-state index < -0.39 is 6.09 Å². The van der Waals surface area contributed by atoms with Gasteiger partial charge in [-0.05, 0) is 61.9 Å². The van der Waals surface area contributed by atoms with Crippen LogP contribution in [0.25, 0.3) is 0 Å². The number of rotatable bonds is 3. The van der Waals surface area contributed by atoms with E-state index in [-0.39, 0.29) is 0 Å². The molecule has 0 saturated heterocycles. The number of benzene rings is 1. The van der Waals surface area contributed by atoms with E-state index in [0.29, 0.717) is 6.54 Å². The predicted molar refractivity (Wildman–Crippen MR) is 65.1 cm³/mol. The summed E-state index contributed by atoms with van der Waals surface area (Å²) in [7, 11) is 0. The number of hydrogen-bond donors (Lipinski definition) is 2. The van der Waals surface area contributed by atoms with Crippen molar-refractivity contribution in [3.8, 4) is 0 Å². The van der Waals surface area contributed by atoms with Crippen LogP contribution in [0, 0.1) is 27.7 Å². The van der Waals surface area contributed by atoms with Crippen LogP contribution in [-0.2, 0) is 6.42 Å². The number of amides is 1. The zero-order valence-corrected chi connectivity index (χ0v) is 10.3. The van der Waals surface area contributed by atoms with E-state index in [1.165, 1.54) is 27.8 Å². The van der Waals surface area contributed by atoms with E-state index in [9.17, 15) is 4.79 Å². The number of carboxylic acid groups (broad SMARTS) is 1. The molecule has 0 aliphatic rings. The van der Waals surface area contributed by atoms with Gasteiger partial charge in [0, 0.05) is 6.54 Å². The maximum absolute atomic E-state index is 10.4. The summed E-state index contributed by atoms with van der Waals surface area (Å²) in [6.07, 6.45) is -0.202. The highest BCUT2D eigenvalue weighted by atomic mass is 16.4. The smallest absolute Gasteiger partial charge is 0.404 e. The monoisotopic (exact) mass is 221 g/mol. The Balaban J connectivity index is 2.90. The van der Waals surface area contributed by atoms with Crippen molar-refractivity contribution in [3.05, 3.63) is 33.9 Å². The molecule has 2 N–H and O–H groups in total. The van der Waals surface area contributed by atoms with Gasteiger partial charge in [-0.15, -0.1) is 0 Å². The van der Waals surface area contributed by atoms with Gasteiger partial charge >= 0.3 is 6.09 Å². The Bertz CT molecular complexity index is 385. The largest absolute Gasteiger partial charge is 0.465 e. The van der Waals surface area contributed by atoms with E-state index in [2.05, 4.69) is 39.1 Å². The first-order chi connectivity index (χ1) is 7.43. The molecule has 0 atom stereocenters. The van der Waals surface area contributed by atoms with Crippen molar-refractivity contribution in [1.82, 2.24) is 5.32 Å². The lowest BCUT2D eigenvalue weighted by Crippen LogP contribution is -2.23. The van der Waals surface area contributed by atoms with Gasteiger partial charge in [-0.25, -0.2) is 4.79 Å². The number of carbonyl (C=O) groups is 1. The molecule has 0 spiro atoms. The third-order valence-electron chi connectivity index (χ3n) is 3.17. The Kier molecular flexibility index (Phi) is 3.93. The summed E-state index contributed by atoms with van der Waals surface area (Å²) in [5, 5.41) is 10.9. The molecule has 1 amide bonds. The first-order valence-electron chi connectivity index (χ1n) is 5.46. The van der Waals surface area contributed by atoms with Crippen LogP contribution in [0.3, 0.4) is 0 Å². The minimum atomic E-state index is -0.959. The molecular weight excluding hydrogens is 202 g/mol. The molecule has 0 saturated carbocycles. The van der Waals surface area contributed by atoms with Crippen LogP contribution in [0.4, 0.5) is 4.79 Å². The number of hydrogen-bond acceptors (Lipinski definition) is 1. The van der Waals surface area contributed by atoms with Crippen LogP contribution in [0.2, 0.25) is 0 Å². The molecule has 0 fully saturated rings. The number of aryl methyl sites for hydroxylation is 2. The second kappa shape index (κ2) is 5.01. The highest BCUT2D eigenvalue weighted by molar-refractivity contribution is 5.64. The Labute approximate surface area is 96.5 Å². The lowest BCUT2D eigenvalue weighted by molar-refractivity contribution is 0.194. The molecule has 16 heavy (non-hydrogen) atoms. The van der Waals surface area contributed by atoms with E-state index in [0.717, 1.165) is 6.42 Å². The SMILES string of the molecule is Cc1cc(C)c(C)c(CCNC(=O)O)c1C. The summed E-state index contributed by atoms with van der Waals surface area (Å²) in [6.45, 7) is 8.85. The summed E-state index contributed by atoms with van der Waals surface area (Å²) in [5.74, 6) is 0. The predicted octanol–water partition coefficient (Wildman–Crippen LogP) is 2.73. The normalized spacial score (nSPS) is 10.2. The van der Waals surface area contributed by atoms with Gasteiger partial charge in [-0.1, -0.05) is 6.07 Å². The molecule has 0 aliphatic heterocycles. The fraction of sp³-hybridized carbons (Fsp3) is 0.462. The molecule has 3 nitrogen and oxygen atoms in total. The van der Waals surface area contributed by atoms with Crippen molar-refractivity contribution in [1.29, 1.82) is 0 Å². The Morgan fingerprint density at radius 3 is 2.12 bits per heavy atom. The lowest BCUT2D eigenvalue weighted by atomic mass is 9.92. The fourth-order valence-corrected chi connectivity index (χ4v) is 1.97. The van der Waals surface area contributed by atoms with E-state index >= 15 is 0 Å². The first kappa shape index (κ1) is 12.6. The van der Waals surface area contributed by atoms with E-state index in [1.54, 1.807) is 0 Å². The molecule has 0 unspecified atom stereocenters. The van der Waals surface area contributed by atoms with Gasteiger partial charge in [0.15, 0.2) is 0 Å². The van der Waals surface area contributed by atoms with Crippen LogP contribution in [0.1, 0.15) is 27.8 Å². The minimum Gasteiger partial charge on any atom is -0.465 e. The summed E-state index contributed by atoms with van der Waals surface area (Å²) in [5.41, 5.74) is 6.36. The van der Waals surface area contributed by atoms with Gasteiger partial charge in [0.2, 0.25) is 0 Å². The lowest BCUT2D eigenvalue weighted by Gasteiger charge is -2.15. The van der Waals surface area contributed by atoms with Crippen molar-refractivity contribution in [2.45, 2.75) is 34.1 Å². The average Bonchev–Trinajstić information content (AvgIpc) is 2.20. The molecule has 1 aromatic rings. The minimum absolute atomic E-state index is 0.472. The summed E-state index contributed by atoms with van der Waals surface area (Å²) >= 11 is 0. The maximum Gasteiger partial charge on any atom is 0.404 e. The molecule has 1 rings (SSSR count). The second-order valence-corrected chi connectivity index (χ2v) is 4.22. The van der Waals surface area contributed by atoms with Crippen molar-refractivity contribution in [2.24, 2.45) is 0 Å². The quantitative estimate of drug-likeness (QED) is 0.824. The highest BCUT2D eigenvalue weighted by Crippen LogP contribution is 2.21. The van der Waals surface area contributed by atoms with Crippen molar-refractivity contribution < 1.29 is 9.90 Å². The van der Waals surface area contributed by atoms with Crippen LogP contribution in [-0.4, -0.2) is 17.7 Å². The average molecular weight is 221 g/mol. The molecule has 0 bridgehead atoms. The first-order valence-corrected chi connectivity index (χ1v) is 5.46. The number of nitrogens with one attached hydrogen (secondary N) is 1. The van der Waals surface area contributed by atoms with Crippen LogP contribution >= 0.6 is 0 Å². The molecule has 88 valence electrons. The van der Waals surface area contributed by atoms with Crippen molar-refractivity contribution in [3.63, 3.8) is 0 Å². The van der Waals surface area contributed by atoms with Gasteiger partial charge in [0.25, 0.3) is 0 Å². The molecule has 1 aromatic carbocycles. The van der Waals surface area contributed by atoms with Gasteiger partial charge in [0.05, 0.1) is 0 Å². The molecular formula is C13H19NO2. The zero-order valence-electron chi connectivity index (χ0n) is 10.3. The summed E-state index contributed by atoms with van der Waals surface area (Å²) < 4.78 is 0. The molecule has 0 radical (unpaired) electrons. The maximum atomic E-state index is 10.4. The van der Waals surface area contributed by atoms with Gasteiger partial charge in [-0.2, -0.15) is 0 Å². The summed E-state index contributed by atoms with van der Waals surface area (Å²) in [4.78, 5) is 10.4. The Morgan fingerprint density at radius 1 is 1.19 bits per heavy atom. The van der Waals surface area contributed by atoms with E-state index in [4.69, 9.17) is 5.11 Å². The topological polar surface area (TPSA) is 49.3 Å². The summed E-state index contributed by atoms with van der Waals surface area (Å²) in [6, 6.07) is 2.18.